The largest absolute Gasteiger partial charge is 0.416 e. The zero-order valence-electron chi connectivity index (χ0n) is 10.2. The van der Waals surface area contributed by atoms with E-state index in [4.69, 9.17) is 5.73 Å². The molecule has 2 N–H and O–H groups in total. The maximum atomic E-state index is 12.5. The van der Waals surface area contributed by atoms with E-state index in [1.54, 1.807) is 0 Å². The molecule has 1 aromatic heterocycles. The molecule has 1 atom stereocenters. The molecule has 0 saturated carbocycles. The molecule has 0 fully saturated rings. The maximum absolute atomic E-state index is 12.5. The molecule has 19 heavy (non-hydrogen) atoms. The van der Waals surface area contributed by atoms with Gasteiger partial charge in [-0.3, -0.25) is 0 Å². The molecule has 2 aromatic rings. The number of rotatable bonds is 3. The van der Waals surface area contributed by atoms with E-state index in [1.807, 2.05) is 12.3 Å². The van der Waals surface area contributed by atoms with E-state index in [9.17, 15) is 13.2 Å². The summed E-state index contributed by atoms with van der Waals surface area (Å²) in [5.41, 5.74) is 6.48. The molecule has 0 bridgehead atoms. The molecular formula is C13H13F3N2S. The lowest BCUT2D eigenvalue weighted by atomic mass is 10.1. The SMILES string of the molecule is CC(CN)c1csc(-c2ccc(C(F)(F)F)cc2)n1. The Bertz CT molecular complexity index is 546. The molecule has 0 aliphatic carbocycles. The number of thiazole rings is 1. The second kappa shape index (κ2) is 5.30. The van der Waals surface area contributed by atoms with Gasteiger partial charge in [0.2, 0.25) is 0 Å². The molecule has 2 nitrogen and oxygen atoms in total. The summed E-state index contributed by atoms with van der Waals surface area (Å²) in [6.07, 6.45) is -4.30. The van der Waals surface area contributed by atoms with Crippen molar-refractivity contribution in [2.75, 3.05) is 6.54 Å². The van der Waals surface area contributed by atoms with Gasteiger partial charge in [0.25, 0.3) is 0 Å². The topological polar surface area (TPSA) is 38.9 Å². The van der Waals surface area contributed by atoms with E-state index < -0.39 is 11.7 Å². The lowest BCUT2D eigenvalue weighted by Crippen LogP contribution is -2.08. The smallest absolute Gasteiger partial charge is 0.330 e. The van der Waals surface area contributed by atoms with Gasteiger partial charge in [0.05, 0.1) is 11.3 Å². The van der Waals surface area contributed by atoms with Crippen molar-refractivity contribution < 1.29 is 13.2 Å². The first-order valence-corrected chi connectivity index (χ1v) is 6.63. The second-order valence-electron chi connectivity index (χ2n) is 4.29. The highest BCUT2D eigenvalue weighted by molar-refractivity contribution is 7.13. The maximum Gasteiger partial charge on any atom is 0.416 e. The fraction of sp³-hybridized carbons (Fsp3) is 0.308. The zero-order chi connectivity index (χ0) is 14.0. The van der Waals surface area contributed by atoms with E-state index in [0.29, 0.717) is 17.1 Å². The fourth-order valence-electron chi connectivity index (χ4n) is 1.57. The molecule has 0 spiro atoms. The highest BCUT2D eigenvalue weighted by Gasteiger charge is 2.30. The standard InChI is InChI=1S/C13H13F3N2S/c1-8(6-17)11-7-19-12(18-11)9-2-4-10(5-3-9)13(14,15)16/h2-5,7-8H,6,17H2,1H3. The minimum absolute atomic E-state index is 0.152. The third-order valence-corrected chi connectivity index (χ3v) is 3.75. The van der Waals surface area contributed by atoms with Crippen LogP contribution in [0, 0.1) is 0 Å². The average Bonchev–Trinajstić information content (AvgIpc) is 2.86. The molecule has 0 radical (unpaired) electrons. The molecule has 2 rings (SSSR count). The summed E-state index contributed by atoms with van der Waals surface area (Å²) in [6.45, 7) is 2.46. The second-order valence-corrected chi connectivity index (χ2v) is 5.15. The van der Waals surface area contributed by atoms with E-state index in [1.165, 1.54) is 23.5 Å². The van der Waals surface area contributed by atoms with Gasteiger partial charge in [0, 0.05) is 23.4 Å². The Hall–Kier alpha value is -1.40. The first-order valence-electron chi connectivity index (χ1n) is 5.75. The number of aromatic nitrogens is 1. The van der Waals surface area contributed by atoms with Crippen molar-refractivity contribution in [1.82, 2.24) is 4.98 Å². The Morgan fingerprint density at radius 3 is 2.42 bits per heavy atom. The summed E-state index contributed by atoms with van der Waals surface area (Å²) in [5.74, 6) is 0.152. The van der Waals surface area contributed by atoms with Crippen molar-refractivity contribution in [3.63, 3.8) is 0 Å². The number of hydrogen-bond donors (Lipinski definition) is 1. The molecular weight excluding hydrogens is 273 g/mol. The highest BCUT2D eigenvalue weighted by Crippen LogP contribution is 2.32. The Morgan fingerprint density at radius 2 is 1.89 bits per heavy atom. The van der Waals surface area contributed by atoms with Gasteiger partial charge in [-0.15, -0.1) is 11.3 Å². The van der Waals surface area contributed by atoms with Gasteiger partial charge in [-0.25, -0.2) is 4.98 Å². The normalized spacial score (nSPS) is 13.5. The Labute approximate surface area is 113 Å². The van der Waals surface area contributed by atoms with Crippen LogP contribution in [0.25, 0.3) is 10.6 Å². The lowest BCUT2D eigenvalue weighted by Gasteiger charge is -2.06. The molecule has 0 amide bonds. The van der Waals surface area contributed by atoms with Crippen molar-refractivity contribution in [3.8, 4) is 10.6 Å². The van der Waals surface area contributed by atoms with Crippen LogP contribution in [-0.2, 0) is 6.18 Å². The van der Waals surface area contributed by atoms with Crippen LogP contribution >= 0.6 is 11.3 Å². The zero-order valence-corrected chi connectivity index (χ0v) is 11.1. The van der Waals surface area contributed by atoms with Crippen LogP contribution in [0.5, 0.6) is 0 Å². The van der Waals surface area contributed by atoms with Crippen LogP contribution in [0.4, 0.5) is 13.2 Å². The third-order valence-electron chi connectivity index (χ3n) is 2.84. The molecule has 102 valence electrons. The van der Waals surface area contributed by atoms with Crippen molar-refractivity contribution in [1.29, 1.82) is 0 Å². The number of halogens is 3. The quantitative estimate of drug-likeness (QED) is 0.929. The van der Waals surface area contributed by atoms with E-state index in [-0.39, 0.29) is 5.92 Å². The first kappa shape index (κ1) is 14.0. The van der Waals surface area contributed by atoms with Crippen molar-refractivity contribution in [2.24, 2.45) is 5.73 Å². The number of nitrogens with zero attached hydrogens (tertiary/aromatic N) is 1. The summed E-state index contributed by atoms with van der Waals surface area (Å²) in [4.78, 5) is 4.40. The fourth-order valence-corrected chi connectivity index (χ4v) is 2.52. The summed E-state index contributed by atoms with van der Waals surface area (Å²) in [7, 11) is 0. The van der Waals surface area contributed by atoms with Crippen LogP contribution in [0.2, 0.25) is 0 Å². The average molecular weight is 286 g/mol. The summed E-state index contributed by atoms with van der Waals surface area (Å²) in [5, 5.41) is 2.61. The summed E-state index contributed by atoms with van der Waals surface area (Å²) >= 11 is 1.41. The van der Waals surface area contributed by atoms with Gasteiger partial charge >= 0.3 is 6.18 Å². The third kappa shape index (κ3) is 3.13. The summed E-state index contributed by atoms with van der Waals surface area (Å²) in [6, 6.07) is 5.03. The van der Waals surface area contributed by atoms with Crippen molar-refractivity contribution in [2.45, 2.75) is 19.0 Å². The molecule has 6 heteroatoms. The minimum Gasteiger partial charge on any atom is -0.330 e. The molecule has 0 saturated heterocycles. The van der Waals surface area contributed by atoms with Crippen LogP contribution in [-0.4, -0.2) is 11.5 Å². The van der Waals surface area contributed by atoms with Gasteiger partial charge in [0.15, 0.2) is 0 Å². The first-order chi connectivity index (χ1) is 8.91. The Balaban J connectivity index is 2.25. The van der Waals surface area contributed by atoms with Gasteiger partial charge in [-0.05, 0) is 12.1 Å². The lowest BCUT2D eigenvalue weighted by molar-refractivity contribution is -0.137. The molecule has 1 heterocycles. The van der Waals surface area contributed by atoms with Crippen LogP contribution in [0.1, 0.15) is 24.1 Å². The predicted molar refractivity (Wildman–Crippen MR) is 70.0 cm³/mol. The van der Waals surface area contributed by atoms with Gasteiger partial charge in [-0.2, -0.15) is 13.2 Å². The number of benzene rings is 1. The van der Waals surface area contributed by atoms with Crippen molar-refractivity contribution >= 4 is 11.3 Å². The van der Waals surface area contributed by atoms with Crippen LogP contribution in [0.15, 0.2) is 29.6 Å². The van der Waals surface area contributed by atoms with Gasteiger partial charge < -0.3 is 5.73 Å². The van der Waals surface area contributed by atoms with E-state index in [0.717, 1.165) is 17.8 Å². The van der Waals surface area contributed by atoms with Crippen LogP contribution < -0.4 is 5.73 Å². The highest BCUT2D eigenvalue weighted by atomic mass is 32.1. The predicted octanol–water partition coefficient (Wildman–Crippen LogP) is 3.89. The number of hydrogen-bond acceptors (Lipinski definition) is 3. The Kier molecular flexibility index (Phi) is 3.91. The van der Waals surface area contributed by atoms with E-state index >= 15 is 0 Å². The van der Waals surface area contributed by atoms with Crippen LogP contribution in [0.3, 0.4) is 0 Å². The molecule has 1 unspecified atom stereocenters. The minimum atomic E-state index is -4.30. The summed E-state index contributed by atoms with van der Waals surface area (Å²) < 4.78 is 37.4. The Morgan fingerprint density at radius 1 is 1.26 bits per heavy atom. The molecule has 0 aliphatic rings. The monoisotopic (exact) mass is 286 g/mol. The van der Waals surface area contributed by atoms with Gasteiger partial charge in [-0.1, -0.05) is 19.1 Å². The van der Waals surface area contributed by atoms with E-state index in [2.05, 4.69) is 4.98 Å². The number of nitrogens with two attached hydrogens (primary N) is 1. The number of alkyl halides is 3. The molecule has 1 aromatic carbocycles. The molecule has 0 aliphatic heterocycles. The van der Waals surface area contributed by atoms with Crippen molar-refractivity contribution in [3.05, 3.63) is 40.9 Å². The van der Waals surface area contributed by atoms with Gasteiger partial charge in [0.1, 0.15) is 5.01 Å².